The summed E-state index contributed by atoms with van der Waals surface area (Å²) in [6.45, 7) is 7.79. The second-order valence-electron chi connectivity index (χ2n) is 6.15. The van der Waals surface area contributed by atoms with Crippen LogP contribution in [0.4, 0.5) is 4.79 Å². The predicted octanol–water partition coefficient (Wildman–Crippen LogP) is 2.43. The number of carbonyl (C=O) groups excluding carboxylic acids is 1. The molecule has 1 amide bonds. The minimum absolute atomic E-state index is 0.0508. The van der Waals surface area contributed by atoms with Crippen LogP contribution >= 0.6 is 0 Å². The van der Waals surface area contributed by atoms with E-state index in [0.29, 0.717) is 6.04 Å². The highest BCUT2D eigenvalue weighted by Crippen LogP contribution is 2.36. The summed E-state index contributed by atoms with van der Waals surface area (Å²) in [5.41, 5.74) is -0.478. The molecule has 1 atom stereocenters. The molecule has 0 aromatic rings. The van der Waals surface area contributed by atoms with E-state index in [1.165, 1.54) is 6.42 Å². The maximum Gasteiger partial charge on any atom is 0.408 e. The summed E-state index contributed by atoms with van der Waals surface area (Å²) in [5.74, 6) is 0. The number of alkyl carbamates (subject to hydrolysis) is 1. The van der Waals surface area contributed by atoms with Crippen molar-refractivity contribution in [1.29, 1.82) is 0 Å². The lowest BCUT2D eigenvalue weighted by Crippen LogP contribution is -2.56. The van der Waals surface area contributed by atoms with Gasteiger partial charge in [0.05, 0.1) is 0 Å². The first kappa shape index (κ1) is 14.3. The summed E-state index contributed by atoms with van der Waals surface area (Å²) >= 11 is 0. The van der Waals surface area contributed by atoms with E-state index < -0.39 is 5.60 Å². The Morgan fingerprint density at radius 2 is 2.00 bits per heavy atom. The molecule has 0 spiro atoms. The lowest BCUT2D eigenvalue weighted by molar-refractivity contribution is 0.0359. The first-order valence-corrected chi connectivity index (χ1v) is 6.45. The smallest absolute Gasteiger partial charge is 0.408 e. The minimum atomic E-state index is -0.427. The van der Waals surface area contributed by atoms with Gasteiger partial charge in [-0.3, -0.25) is 0 Å². The van der Waals surface area contributed by atoms with E-state index in [4.69, 9.17) is 4.74 Å². The first-order chi connectivity index (χ1) is 7.76. The van der Waals surface area contributed by atoms with Crippen LogP contribution in [0.2, 0.25) is 0 Å². The second kappa shape index (κ2) is 5.25. The van der Waals surface area contributed by atoms with Crippen LogP contribution in [0.3, 0.4) is 0 Å². The summed E-state index contributed by atoms with van der Waals surface area (Å²) in [6.07, 6.45) is 3.96. The molecule has 1 unspecified atom stereocenters. The third-order valence-corrected chi connectivity index (χ3v) is 3.27. The minimum Gasteiger partial charge on any atom is -0.444 e. The number of hydrogen-bond donors (Lipinski definition) is 2. The first-order valence-electron chi connectivity index (χ1n) is 6.45. The molecule has 0 radical (unpaired) electrons. The zero-order chi connectivity index (χ0) is 13.1. The van der Waals surface area contributed by atoms with E-state index in [1.54, 1.807) is 0 Å². The number of carbonyl (C=O) groups is 1. The molecule has 0 heterocycles. The van der Waals surface area contributed by atoms with Crippen molar-refractivity contribution in [3.63, 3.8) is 0 Å². The Kier molecular flexibility index (Phi) is 4.42. The molecular formula is C13H26N2O2. The van der Waals surface area contributed by atoms with Crippen LogP contribution in [0.15, 0.2) is 0 Å². The van der Waals surface area contributed by atoms with Gasteiger partial charge in [-0.1, -0.05) is 0 Å². The van der Waals surface area contributed by atoms with Gasteiger partial charge >= 0.3 is 6.09 Å². The highest BCUT2D eigenvalue weighted by Gasteiger charge is 2.40. The van der Waals surface area contributed by atoms with E-state index in [-0.39, 0.29) is 11.6 Å². The topological polar surface area (TPSA) is 50.4 Å². The quantitative estimate of drug-likeness (QED) is 0.796. The lowest BCUT2D eigenvalue weighted by atomic mass is 9.73. The molecule has 0 bridgehead atoms. The zero-order valence-electron chi connectivity index (χ0n) is 11.7. The van der Waals surface area contributed by atoms with Gasteiger partial charge in [-0.05, 0) is 60.4 Å². The van der Waals surface area contributed by atoms with Crippen LogP contribution < -0.4 is 10.6 Å². The maximum absolute atomic E-state index is 11.8. The molecule has 0 aliphatic heterocycles. The molecule has 100 valence electrons. The number of amides is 1. The second-order valence-corrected chi connectivity index (χ2v) is 6.15. The molecule has 1 aliphatic carbocycles. The Bertz CT molecular complexity index is 267. The standard InChI is InChI=1S/C13H26N2O2/c1-10(14-5)9-13(7-6-8-13)15-11(16)17-12(2,3)4/h10,14H,6-9H2,1-5H3,(H,15,16). The normalized spacial score (nSPS) is 20.3. The average Bonchev–Trinajstić information content (AvgIpc) is 2.10. The van der Waals surface area contributed by atoms with E-state index in [2.05, 4.69) is 17.6 Å². The van der Waals surface area contributed by atoms with Crippen molar-refractivity contribution in [3.8, 4) is 0 Å². The Morgan fingerprint density at radius 3 is 2.35 bits per heavy atom. The van der Waals surface area contributed by atoms with Gasteiger partial charge in [0, 0.05) is 11.6 Å². The molecule has 4 heteroatoms. The van der Waals surface area contributed by atoms with Gasteiger partial charge in [0.1, 0.15) is 5.60 Å². The third-order valence-electron chi connectivity index (χ3n) is 3.27. The molecule has 4 nitrogen and oxygen atoms in total. The summed E-state index contributed by atoms with van der Waals surface area (Å²) in [4.78, 5) is 11.8. The SMILES string of the molecule is CNC(C)CC1(NC(=O)OC(C)(C)C)CCC1. The van der Waals surface area contributed by atoms with Crippen LogP contribution in [-0.4, -0.2) is 30.3 Å². The molecule has 0 aromatic heterocycles. The van der Waals surface area contributed by atoms with Crippen molar-refractivity contribution in [2.45, 2.75) is 70.6 Å². The highest BCUT2D eigenvalue weighted by atomic mass is 16.6. The van der Waals surface area contributed by atoms with Gasteiger partial charge < -0.3 is 15.4 Å². The van der Waals surface area contributed by atoms with Gasteiger partial charge in [-0.25, -0.2) is 4.79 Å². The van der Waals surface area contributed by atoms with Crippen molar-refractivity contribution in [1.82, 2.24) is 10.6 Å². The lowest BCUT2D eigenvalue weighted by Gasteiger charge is -2.44. The summed E-state index contributed by atoms with van der Waals surface area (Å²) < 4.78 is 5.31. The van der Waals surface area contributed by atoms with Crippen molar-refractivity contribution < 1.29 is 9.53 Å². The summed E-state index contributed by atoms with van der Waals surface area (Å²) in [6, 6.07) is 0.408. The third kappa shape index (κ3) is 4.54. The van der Waals surface area contributed by atoms with Gasteiger partial charge in [-0.15, -0.1) is 0 Å². The molecule has 1 saturated carbocycles. The fourth-order valence-corrected chi connectivity index (χ4v) is 2.19. The molecule has 0 aromatic carbocycles. The van der Waals surface area contributed by atoms with Gasteiger partial charge in [0.25, 0.3) is 0 Å². The van der Waals surface area contributed by atoms with Crippen molar-refractivity contribution in [3.05, 3.63) is 0 Å². The zero-order valence-corrected chi connectivity index (χ0v) is 11.7. The van der Waals surface area contributed by atoms with Crippen LogP contribution in [0.1, 0.15) is 53.4 Å². The molecule has 0 saturated heterocycles. The average molecular weight is 242 g/mol. The fourth-order valence-electron chi connectivity index (χ4n) is 2.19. The van der Waals surface area contributed by atoms with Crippen LogP contribution in [0.25, 0.3) is 0 Å². The van der Waals surface area contributed by atoms with Gasteiger partial charge in [0.2, 0.25) is 0 Å². The number of hydrogen-bond acceptors (Lipinski definition) is 3. The molecule has 1 aliphatic rings. The fraction of sp³-hybridized carbons (Fsp3) is 0.923. The Balaban J connectivity index is 2.49. The van der Waals surface area contributed by atoms with Crippen molar-refractivity contribution >= 4 is 6.09 Å². The van der Waals surface area contributed by atoms with Gasteiger partial charge in [-0.2, -0.15) is 0 Å². The molecule has 17 heavy (non-hydrogen) atoms. The molecule has 2 N–H and O–H groups in total. The Hall–Kier alpha value is -0.770. The van der Waals surface area contributed by atoms with Crippen LogP contribution in [0, 0.1) is 0 Å². The largest absolute Gasteiger partial charge is 0.444 e. The molecule has 1 rings (SSSR count). The summed E-state index contributed by atoms with van der Waals surface area (Å²) in [7, 11) is 1.95. The number of ether oxygens (including phenoxy) is 1. The van der Waals surface area contributed by atoms with E-state index >= 15 is 0 Å². The molecular weight excluding hydrogens is 216 g/mol. The van der Waals surface area contributed by atoms with E-state index in [0.717, 1.165) is 19.3 Å². The van der Waals surface area contributed by atoms with Crippen molar-refractivity contribution in [2.24, 2.45) is 0 Å². The number of nitrogens with one attached hydrogen (secondary N) is 2. The summed E-state index contributed by atoms with van der Waals surface area (Å²) in [5, 5.41) is 6.27. The number of rotatable bonds is 4. The van der Waals surface area contributed by atoms with Gasteiger partial charge in [0.15, 0.2) is 0 Å². The van der Waals surface area contributed by atoms with Crippen molar-refractivity contribution in [2.75, 3.05) is 7.05 Å². The molecule has 1 fully saturated rings. The maximum atomic E-state index is 11.8. The predicted molar refractivity (Wildman–Crippen MR) is 69.1 cm³/mol. The highest BCUT2D eigenvalue weighted by molar-refractivity contribution is 5.69. The van der Waals surface area contributed by atoms with E-state index in [1.807, 2.05) is 27.8 Å². The monoisotopic (exact) mass is 242 g/mol. The van der Waals surface area contributed by atoms with E-state index in [9.17, 15) is 4.79 Å². The van der Waals surface area contributed by atoms with Crippen LogP contribution in [0.5, 0.6) is 0 Å². The van der Waals surface area contributed by atoms with Crippen LogP contribution in [-0.2, 0) is 4.74 Å². The Labute approximate surface area is 104 Å². The Morgan fingerprint density at radius 1 is 1.41 bits per heavy atom.